The van der Waals surface area contributed by atoms with Crippen molar-refractivity contribution in [2.24, 2.45) is 4.99 Å². The van der Waals surface area contributed by atoms with Gasteiger partial charge in [-0.25, -0.2) is 0 Å². The van der Waals surface area contributed by atoms with Crippen LogP contribution in [-0.2, 0) is 13.0 Å². The maximum atomic E-state index is 4.80. The molecule has 2 atom stereocenters. The molecule has 1 aliphatic heterocycles. The number of hydrogen-bond acceptors (Lipinski definition) is 4. The molecule has 7 heteroatoms. The lowest BCUT2D eigenvalue weighted by Crippen LogP contribution is -2.51. The van der Waals surface area contributed by atoms with Gasteiger partial charge in [-0.1, -0.05) is 36.4 Å². The van der Waals surface area contributed by atoms with Crippen LogP contribution in [0.1, 0.15) is 38.1 Å². The minimum Gasteiger partial charge on any atom is -0.357 e. The number of piperidine rings is 1. The second kappa shape index (κ2) is 10.4. The lowest BCUT2D eigenvalue weighted by atomic mass is 9.97. The number of benzene rings is 1. The molecule has 0 amide bonds. The van der Waals surface area contributed by atoms with Crippen LogP contribution in [0.5, 0.6) is 0 Å². The first-order chi connectivity index (χ1) is 15.2. The molecule has 1 saturated heterocycles. The van der Waals surface area contributed by atoms with Crippen LogP contribution in [-0.4, -0.2) is 57.2 Å². The summed E-state index contributed by atoms with van der Waals surface area (Å²) in [6.07, 6.45) is 5.00. The van der Waals surface area contributed by atoms with Gasteiger partial charge in [-0.2, -0.15) is 0 Å². The van der Waals surface area contributed by atoms with Gasteiger partial charge in [0.05, 0.1) is 0 Å². The van der Waals surface area contributed by atoms with E-state index in [2.05, 4.69) is 69.9 Å². The van der Waals surface area contributed by atoms with Crippen molar-refractivity contribution in [1.29, 1.82) is 0 Å². The normalized spacial score (nSPS) is 20.1. The molecule has 0 spiro atoms. The van der Waals surface area contributed by atoms with Crippen LogP contribution in [0.2, 0.25) is 0 Å². The first-order valence-electron chi connectivity index (χ1n) is 11.3. The Kier molecular flexibility index (Phi) is 7.14. The second-order valence-corrected chi connectivity index (χ2v) is 8.23. The highest BCUT2D eigenvalue weighted by Gasteiger charge is 2.25. The number of nitrogens with one attached hydrogen (secondary N) is 2. The predicted molar refractivity (Wildman–Crippen MR) is 125 cm³/mol. The van der Waals surface area contributed by atoms with Crippen molar-refractivity contribution in [1.82, 2.24) is 30.1 Å². The van der Waals surface area contributed by atoms with E-state index in [-0.39, 0.29) is 0 Å². The van der Waals surface area contributed by atoms with Gasteiger partial charge < -0.3 is 10.6 Å². The van der Waals surface area contributed by atoms with Crippen molar-refractivity contribution in [2.45, 2.75) is 51.7 Å². The summed E-state index contributed by atoms with van der Waals surface area (Å²) in [7, 11) is 0. The monoisotopic (exact) mass is 419 g/mol. The van der Waals surface area contributed by atoms with E-state index in [1.165, 1.54) is 5.56 Å². The number of nitrogens with zero attached hydrogens (tertiary/aromatic N) is 5. The van der Waals surface area contributed by atoms with Crippen LogP contribution in [0.15, 0.2) is 59.7 Å². The van der Waals surface area contributed by atoms with Crippen molar-refractivity contribution in [2.75, 3.05) is 19.6 Å². The standard InChI is InChI=1S/C24H33N7/c1-3-25-24(26-14-12-23-29-28-22-11-7-8-15-31(22)23)27-21-13-16-30(19(2)17-21)18-20-9-5-4-6-10-20/h4-11,15,19,21H,3,12-14,16-18H2,1-2H3,(H2,25,26,27). The van der Waals surface area contributed by atoms with E-state index in [0.29, 0.717) is 18.6 Å². The van der Waals surface area contributed by atoms with E-state index in [1.807, 2.05) is 28.8 Å². The summed E-state index contributed by atoms with van der Waals surface area (Å²) in [5, 5.41) is 15.6. The number of guanidine groups is 1. The van der Waals surface area contributed by atoms with Gasteiger partial charge in [0.2, 0.25) is 0 Å². The largest absolute Gasteiger partial charge is 0.357 e. The summed E-state index contributed by atoms with van der Waals surface area (Å²) in [5.41, 5.74) is 2.26. The molecule has 2 aromatic heterocycles. The zero-order chi connectivity index (χ0) is 21.5. The zero-order valence-corrected chi connectivity index (χ0v) is 18.5. The quantitative estimate of drug-likeness (QED) is 0.455. The summed E-state index contributed by atoms with van der Waals surface area (Å²) >= 11 is 0. The minimum atomic E-state index is 0.439. The highest BCUT2D eigenvalue weighted by atomic mass is 15.2. The Morgan fingerprint density at radius 1 is 1.13 bits per heavy atom. The van der Waals surface area contributed by atoms with Gasteiger partial charge in [0, 0.05) is 50.9 Å². The first kappa shape index (κ1) is 21.3. The fourth-order valence-electron chi connectivity index (χ4n) is 4.25. The summed E-state index contributed by atoms with van der Waals surface area (Å²) in [6, 6.07) is 17.7. The first-order valence-corrected chi connectivity index (χ1v) is 11.3. The molecule has 1 aromatic carbocycles. The molecule has 7 nitrogen and oxygen atoms in total. The summed E-state index contributed by atoms with van der Waals surface area (Å²) in [4.78, 5) is 7.38. The van der Waals surface area contributed by atoms with Crippen LogP contribution < -0.4 is 10.6 Å². The predicted octanol–water partition coefficient (Wildman–Crippen LogP) is 2.88. The molecule has 2 N–H and O–H groups in total. The number of pyridine rings is 1. The number of aromatic nitrogens is 3. The molecule has 0 radical (unpaired) electrons. The third-order valence-corrected chi connectivity index (χ3v) is 5.92. The Hall–Kier alpha value is -2.93. The van der Waals surface area contributed by atoms with Crippen molar-refractivity contribution in [3.63, 3.8) is 0 Å². The van der Waals surface area contributed by atoms with E-state index in [4.69, 9.17) is 4.99 Å². The highest BCUT2D eigenvalue weighted by molar-refractivity contribution is 5.80. The molecule has 1 aliphatic rings. The third-order valence-electron chi connectivity index (χ3n) is 5.92. The van der Waals surface area contributed by atoms with E-state index >= 15 is 0 Å². The Labute approximate surface area is 184 Å². The van der Waals surface area contributed by atoms with Crippen LogP contribution in [0.3, 0.4) is 0 Å². The van der Waals surface area contributed by atoms with Gasteiger partial charge in [-0.05, 0) is 44.4 Å². The topological polar surface area (TPSA) is 69.8 Å². The third kappa shape index (κ3) is 5.61. The number of hydrogen-bond donors (Lipinski definition) is 2. The molecule has 31 heavy (non-hydrogen) atoms. The Balaban J connectivity index is 1.30. The molecule has 1 fully saturated rings. The summed E-state index contributed by atoms with van der Waals surface area (Å²) in [5.74, 6) is 1.84. The fraction of sp³-hybridized carbons (Fsp3) is 0.458. The molecule has 0 saturated carbocycles. The van der Waals surface area contributed by atoms with Gasteiger partial charge in [0.15, 0.2) is 11.6 Å². The number of likely N-dealkylation sites (tertiary alicyclic amines) is 1. The second-order valence-electron chi connectivity index (χ2n) is 8.23. The molecule has 4 rings (SSSR count). The molecule has 0 bridgehead atoms. The van der Waals surface area contributed by atoms with Crippen LogP contribution in [0, 0.1) is 0 Å². The van der Waals surface area contributed by atoms with Crippen molar-refractivity contribution in [3.05, 3.63) is 66.1 Å². The Morgan fingerprint density at radius 2 is 1.97 bits per heavy atom. The fourth-order valence-corrected chi connectivity index (χ4v) is 4.25. The van der Waals surface area contributed by atoms with Gasteiger partial charge in [0.1, 0.15) is 5.82 Å². The molecular weight excluding hydrogens is 386 g/mol. The molecule has 3 heterocycles. The molecule has 0 aliphatic carbocycles. The average Bonchev–Trinajstić information content (AvgIpc) is 3.20. The van der Waals surface area contributed by atoms with Gasteiger partial charge in [0.25, 0.3) is 0 Å². The number of rotatable bonds is 7. The average molecular weight is 420 g/mol. The highest BCUT2D eigenvalue weighted by Crippen LogP contribution is 2.20. The molecule has 2 unspecified atom stereocenters. The maximum Gasteiger partial charge on any atom is 0.191 e. The lowest BCUT2D eigenvalue weighted by molar-refractivity contribution is 0.134. The Morgan fingerprint density at radius 3 is 2.77 bits per heavy atom. The molecule has 3 aromatic rings. The van der Waals surface area contributed by atoms with Crippen molar-refractivity contribution < 1.29 is 0 Å². The Bertz CT molecular complexity index is 982. The maximum absolute atomic E-state index is 4.80. The van der Waals surface area contributed by atoms with Gasteiger partial charge in [-0.15, -0.1) is 10.2 Å². The summed E-state index contributed by atoms with van der Waals surface area (Å²) < 4.78 is 2.03. The van der Waals surface area contributed by atoms with Crippen LogP contribution in [0.25, 0.3) is 5.65 Å². The molecule has 164 valence electrons. The summed E-state index contributed by atoms with van der Waals surface area (Å²) in [6.45, 7) is 8.08. The van der Waals surface area contributed by atoms with E-state index in [0.717, 1.165) is 56.3 Å². The SMILES string of the molecule is CCNC(=NCCc1nnc2ccccn12)NC1CCN(Cc2ccccc2)C(C)C1. The number of aliphatic imine (C=N–C) groups is 1. The van der Waals surface area contributed by atoms with Gasteiger partial charge in [-0.3, -0.25) is 14.3 Å². The van der Waals surface area contributed by atoms with E-state index in [9.17, 15) is 0 Å². The number of fused-ring (bicyclic) bond motifs is 1. The lowest BCUT2D eigenvalue weighted by Gasteiger charge is -2.38. The van der Waals surface area contributed by atoms with Crippen LogP contribution >= 0.6 is 0 Å². The zero-order valence-electron chi connectivity index (χ0n) is 18.5. The van der Waals surface area contributed by atoms with Gasteiger partial charge >= 0.3 is 0 Å². The molecular formula is C24H33N7. The van der Waals surface area contributed by atoms with Crippen LogP contribution in [0.4, 0.5) is 0 Å². The minimum absolute atomic E-state index is 0.439. The van der Waals surface area contributed by atoms with Crippen molar-refractivity contribution in [3.8, 4) is 0 Å². The van der Waals surface area contributed by atoms with E-state index in [1.54, 1.807) is 0 Å². The van der Waals surface area contributed by atoms with E-state index < -0.39 is 0 Å². The van der Waals surface area contributed by atoms with Crippen molar-refractivity contribution >= 4 is 11.6 Å². The smallest absolute Gasteiger partial charge is 0.191 e.